The minimum absolute atomic E-state index is 0.00705. The molecule has 4 rings (SSSR count). The summed E-state index contributed by atoms with van der Waals surface area (Å²) in [5.41, 5.74) is 2.11. The number of hydrogen-bond acceptors (Lipinski definition) is 6. The molecule has 42 heavy (non-hydrogen) atoms. The van der Waals surface area contributed by atoms with E-state index in [0.717, 1.165) is 81.6 Å². The van der Waals surface area contributed by atoms with Gasteiger partial charge in [-0.1, -0.05) is 25.5 Å². The Labute approximate surface area is 251 Å². The lowest BCUT2D eigenvalue weighted by atomic mass is 9.83. The molecule has 234 valence electrons. The smallest absolute Gasteiger partial charge is 0.319 e. The van der Waals surface area contributed by atoms with Gasteiger partial charge in [0.25, 0.3) is 0 Å². The van der Waals surface area contributed by atoms with Gasteiger partial charge in [-0.15, -0.1) is 0 Å². The van der Waals surface area contributed by atoms with E-state index in [1.165, 1.54) is 0 Å². The lowest BCUT2D eigenvalue weighted by molar-refractivity contribution is -0.144. The molecule has 0 bridgehead atoms. The number of hydrogen-bond donors (Lipinski definition) is 1. The zero-order valence-corrected chi connectivity index (χ0v) is 26.1. The van der Waals surface area contributed by atoms with Crippen LogP contribution in [-0.2, 0) is 16.0 Å². The number of aliphatic carboxylic acids is 1. The first-order valence-corrected chi connectivity index (χ1v) is 15.8. The number of rotatable bonds is 15. The quantitative estimate of drug-likeness (QED) is 0.316. The van der Waals surface area contributed by atoms with Crippen molar-refractivity contribution in [1.82, 2.24) is 24.5 Å². The number of unbranched alkanes of at least 4 members (excludes halogenated alkanes) is 2. The summed E-state index contributed by atoms with van der Waals surface area (Å²) in [6.45, 7) is 7.82. The van der Waals surface area contributed by atoms with Crippen molar-refractivity contribution in [1.29, 1.82) is 0 Å². The predicted molar refractivity (Wildman–Crippen MR) is 163 cm³/mol. The van der Waals surface area contributed by atoms with Gasteiger partial charge in [0.2, 0.25) is 5.91 Å². The lowest BCUT2D eigenvalue weighted by Gasteiger charge is -2.35. The molecule has 0 aromatic heterocycles. The molecule has 1 aromatic rings. The van der Waals surface area contributed by atoms with Crippen LogP contribution in [-0.4, -0.2) is 134 Å². The van der Waals surface area contributed by atoms with Crippen LogP contribution < -0.4 is 4.74 Å². The topological polar surface area (TPSA) is 96.9 Å². The van der Waals surface area contributed by atoms with Crippen molar-refractivity contribution in [3.63, 3.8) is 0 Å². The van der Waals surface area contributed by atoms with Crippen LogP contribution in [0.25, 0.3) is 0 Å². The Balaban J connectivity index is 1.54. The van der Waals surface area contributed by atoms with E-state index in [4.69, 9.17) is 4.74 Å². The molecule has 1 N–H and O–H groups in total. The third kappa shape index (κ3) is 7.95. The molecular formula is C32H51N5O5. The number of carbonyl (C=O) groups is 3. The highest BCUT2D eigenvalue weighted by molar-refractivity contribution is 5.79. The minimum Gasteiger partial charge on any atom is -0.493 e. The summed E-state index contributed by atoms with van der Waals surface area (Å²) >= 11 is 0. The Kier molecular flexibility index (Phi) is 11.5. The molecule has 1 aromatic carbocycles. The van der Waals surface area contributed by atoms with E-state index in [1.807, 2.05) is 29.0 Å². The van der Waals surface area contributed by atoms with Gasteiger partial charge in [0, 0.05) is 64.7 Å². The van der Waals surface area contributed by atoms with Crippen LogP contribution in [0, 0.1) is 5.92 Å². The van der Waals surface area contributed by atoms with Crippen LogP contribution in [0.15, 0.2) is 18.2 Å². The van der Waals surface area contributed by atoms with E-state index in [-0.39, 0.29) is 30.4 Å². The molecule has 0 spiro atoms. The molecule has 10 heteroatoms. The van der Waals surface area contributed by atoms with Crippen molar-refractivity contribution in [2.75, 3.05) is 80.1 Å². The third-order valence-corrected chi connectivity index (χ3v) is 9.14. The normalized spacial score (nSPS) is 22.5. The summed E-state index contributed by atoms with van der Waals surface area (Å²) < 4.78 is 5.70. The average Bonchev–Trinajstić information content (AvgIpc) is 3.57. The van der Waals surface area contributed by atoms with Gasteiger partial charge in [-0.05, 0) is 69.9 Å². The standard InChI is InChI=1S/C32H51N5O5/c1-5-6-16-35(17-8-7-14-33(2)3)29(38)23-37-22-26(24-10-11-28-25(21-24)13-20-42-28)30(31(39)40)27(37)12-19-36-18-9-15-34(4)32(36)41/h10-11,21,26-27,30H,5-9,12-20,22-23H2,1-4H3,(H,39,40). The van der Waals surface area contributed by atoms with Crippen molar-refractivity contribution < 1.29 is 24.2 Å². The molecule has 3 amide bonds. The Morgan fingerprint density at radius 1 is 1.10 bits per heavy atom. The average molecular weight is 586 g/mol. The number of carboxylic acids is 1. The summed E-state index contributed by atoms with van der Waals surface area (Å²) in [6, 6.07) is 5.71. The van der Waals surface area contributed by atoms with Gasteiger partial charge in [0.05, 0.1) is 19.1 Å². The largest absolute Gasteiger partial charge is 0.493 e. The third-order valence-electron chi connectivity index (χ3n) is 9.14. The number of urea groups is 1. The molecule has 10 nitrogen and oxygen atoms in total. The maximum absolute atomic E-state index is 13.8. The molecule has 2 fully saturated rings. The number of likely N-dealkylation sites (tertiary alicyclic amines) is 1. The zero-order valence-electron chi connectivity index (χ0n) is 26.1. The fraction of sp³-hybridized carbons (Fsp3) is 0.719. The SMILES string of the molecule is CCCCN(CCCCN(C)C)C(=O)CN1CC(c2ccc3c(c2)CCO3)C(C(=O)O)C1CCN1CCCN(C)C1=O. The van der Waals surface area contributed by atoms with Gasteiger partial charge in [-0.25, -0.2) is 4.79 Å². The van der Waals surface area contributed by atoms with Crippen LogP contribution in [0.2, 0.25) is 0 Å². The Bertz CT molecular complexity index is 1080. The summed E-state index contributed by atoms with van der Waals surface area (Å²) in [5.74, 6) is -0.805. The van der Waals surface area contributed by atoms with Crippen molar-refractivity contribution in [3.8, 4) is 5.75 Å². The number of amides is 3. The maximum atomic E-state index is 13.8. The van der Waals surface area contributed by atoms with Crippen LogP contribution in [0.4, 0.5) is 4.79 Å². The van der Waals surface area contributed by atoms with E-state index < -0.39 is 11.9 Å². The second kappa shape index (κ2) is 15.0. The number of nitrogens with zero attached hydrogens (tertiary/aromatic N) is 5. The second-order valence-corrected chi connectivity index (χ2v) is 12.5. The number of ether oxygens (including phenoxy) is 1. The fourth-order valence-corrected chi connectivity index (χ4v) is 6.77. The molecule has 3 aliphatic heterocycles. The van der Waals surface area contributed by atoms with Gasteiger partial charge < -0.3 is 29.4 Å². The fourth-order valence-electron chi connectivity index (χ4n) is 6.77. The van der Waals surface area contributed by atoms with Crippen molar-refractivity contribution in [2.45, 2.75) is 63.8 Å². The number of benzene rings is 1. The van der Waals surface area contributed by atoms with Gasteiger partial charge in [-0.2, -0.15) is 0 Å². The van der Waals surface area contributed by atoms with Crippen LogP contribution in [0.3, 0.4) is 0 Å². The van der Waals surface area contributed by atoms with Gasteiger partial charge in [0.1, 0.15) is 5.75 Å². The van der Waals surface area contributed by atoms with E-state index in [0.29, 0.717) is 32.7 Å². The second-order valence-electron chi connectivity index (χ2n) is 12.5. The zero-order chi connectivity index (χ0) is 30.2. The summed E-state index contributed by atoms with van der Waals surface area (Å²) in [5, 5.41) is 10.6. The molecule has 0 radical (unpaired) electrons. The van der Waals surface area contributed by atoms with E-state index >= 15 is 0 Å². The van der Waals surface area contributed by atoms with Gasteiger partial charge in [0.15, 0.2) is 0 Å². The highest BCUT2D eigenvalue weighted by Gasteiger charge is 2.47. The predicted octanol–water partition coefficient (Wildman–Crippen LogP) is 3.21. The number of carboxylic acid groups (broad SMARTS) is 1. The van der Waals surface area contributed by atoms with Crippen LogP contribution in [0.1, 0.15) is 62.5 Å². The molecule has 0 saturated carbocycles. The first-order valence-electron chi connectivity index (χ1n) is 15.8. The Morgan fingerprint density at radius 3 is 2.60 bits per heavy atom. The van der Waals surface area contributed by atoms with E-state index in [9.17, 15) is 19.5 Å². The molecule has 0 aliphatic carbocycles. The molecular weight excluding hydrogens is 534 g/mol. The van der Waals surface area contributed by atoms with Gasteiger partial charge >= 0.3 is 12.0 Å². The summed E-state index contributed by atoms with van der Waals surface area (Å²) in [4.78, 5) is 49.3. The number of carbonyl (C=O) groups excluding carboxylic acids is 2. The lowest BCUT2D eigenvalue weighted by Crippen LogP contribution is -2.50. The molecule has 3 aliphatic rings. The first kappa shape index (κ1) is 32.1. The Morgan fingerprint density at radius 2 is 1.86 bits per heavy atom. The van der Waals surface area contributed by atoms with Gasteiger partial charge in [-0.3, -0.25) is 14.5 Å². The molecule has 2 saturated heterocycles. The van der Waals surface area contributed by atoms with Crippen molar-refractivity contribution in [2.24, 2.45) is 5.92 Å². The first-order chi connectivity index (χ1) is 20.2. The van der Waals surface area contributed by atoms with Crippen molar-refractivity contribution in [3.05, 3.63) is 29.3 Å². The number of fused-ring (bicyclic) bond motifs is 1. The van der Waals surface area contributed by atoms with E-state index in [2.05, 4.69) is 36.9 Å². The van der Waals surface area contributed by atoms with Crippen molar-refractivity contribution >= 4 is 17.9 Å². The highest BCUT2D eigenvalue weighted by atomic mass is 16.5. The summed E-state index contributed by atoms with van der Waals surface area (Å²) in [7, 11) is 5.94. The minimum atomic E-state index is -0.842. The molecule has 3 atom stereocenters. The monoisotopic (exact) mass is 585 g/mol. The maximum Gasteiger partial charge on any atom is 0.319 e. The van der Waals surface area contributed by atoms with E-state index in [1.54, 1.807) is 4.90 Å². The van der Waals surface area contributed by atoms with Crippen LogP contribution in [0.5, 0.6) is 5.75 Å². The molecule has 3 heterocycles. The summed E-state index contributed by atoms with van der Waals surface area (Å²) in [6.07, 6.45) is 6.17. The molecule has 3 unspecified atom stereocenters. The van der Waals surface area contributed by atoms with Crippen LogP contribution >= 0.6 is 0 Å². The Hall–Kier alpha value is -2.85. The highest BCUT2D eigenvalue weighted by Crippen LogP contribution is 2.41.